The lowest BCUT2D eigenvalue weighted by Gasteiger charge is -2.09. The largest absolute Gasteiger partial charge is 0.378 e. The summed E-state index contributed by atoms with van der Waals surface area (Å²) in [5.41, 5.74) is 5.41. The Labute approximate surface area is 142 Å². The summed E-state index contributed by atoms with van der Waals surface area (Å²) in [5, 5.41) is 4.39. The second kappa shape index (κ2) is 8.41. The predicted octanol–water partition coefficient (Wildman–Crippen LogP) is 3.51. The minimum atomic E-state index is -0.0742. The molecule has 2 aromatic rings. The van der Waals surface area contributed by atoms with Gasteiger partial charge < -0.3 is 4.74 Å². The number of nitrogens with zero attached hydrogens (tertiary/aromatic N) is 1. The van der Waals surface area contributed by atoms with E-state index < -0.39 is 0 Å². The molecule has 0 saturated carbocycles. The zero-order valence-corrected chi connectivity index (χ0v) is 13.7. The number of carbonyl (C=O) groups excluding carboxylic acids is 1. The SMILES string of the molecule is O=C(CCC1CCCO1)NN=C(c1ccccc1)c1ccccc1. The van der Waals surface area contributed by atoms with Crippen LogP contribution in [-0.4, -0.2) is 24.3 Å². The summed E-state index contributed by atoms with van der Waals surface area (Å²) >= 11 is 0. The number of carbonyl (C=O) groups is 1. The molecular formula is C20H22N2O2. The van der Waals surface area contributed by atoms with Gasteiger partial charge in [0.05, 0.1) is 11.8 Å². The van der Waals surface area contributed by atoms with Crippen molar-refractivity contribution in [2.45, 2.75) is 31.8 Å². The summed E-state index contributed by atoms with van der Waals surface area (Å²) in [6, 6.07) is 19.8. The van der Waals surface area contributed by atoms with E-state index in [4.69, 9.17) is 4.74 Å². The lowest BCUT2D eigenvalue weighted by Crippen LogP contribution is -2.22. The van der Waals surface area contributed by atoms with E-state index in [1.54, 1.807) is 0 Å². The number of nitrogens with one attached hydrogen (secondary N) is 1. The van der Waals surface area contributed by atoms with E-state index in [9.17, 15) is 4.79 Å². The summed E-state index contributed by atoms with van der Waals surface area (Å²) in [6.45, 7) is 0.816. The van der Waals surface area contributed by atoms with Crippen LogP contribution in [-0.2, 0) is 9.53 Å². The van der Waals surface area contributed by atoms with E-state index in [0.717, 1.165) is 42.7 Å². The van der Waals surface area contributed by atoms with E-state index in [1.807, 2.05) is 60.7 Å². The molecule has 1 amide bonds. The smallest absolute Gasteiger partial charge is 0.240 e. The second-order valence-electron chi connectivity index (χ2n) is 5.90. The highest BCUT2D eigenvalue weighted by atomic mass is 16.5. The molecular weight excluding hydrogens is 300 g/mol. The summed E-state index contributed by atoms with van der Waals surface area (Å²) in [5.74, 6) is -0.0742. The van der Waals surface area contributed by atoms with Crippen LogP contribution in [0, 0.1) is 0 Å². The third-order valence-electron chi connectivity index (χ3n) is 4.10. The lowest BCUT2D eigenvalue weighted by molar-refractivity contribution is -0.121. The number of hydrogen-bond donors (Lipinski definition) is 1. The molecule has 0 spiro atoms. The van der Waals surface area contributed by atoms with Crippen molar-refractivity contribution in [3.63, 3.8) is 0 Å². The Kier molecular flexibility index (Phi) is 5.75. The van der Waals surface area contributed by atoms with Crippen LogP contribution in [0.5, 0.6) is 0 Å². The van der Waals surface area contributed by atoms with Crippen molar-refractivity contribution in [2.24, 2.45) is 5.10 Å². The van der Waals surface area contributed by atoms with Crippen molar-refractivity contribution >= 4 is 11.6 Å². The fourth-order valence-electron chi connectivity index (χ4n) is 2.83. The van der Waals surface area contributed by atoms with E-state index >= 15 is 0 Å². The highest BCUT2D eigenvalue weighted by Gasteiger charge is 2.16. The third kappa shape index (κ3) is 4.52. The molecule has 0 radical (unpaired) electrons. The molecule has 1 heterocycles. The Morgan fingerprint density at radius 1 is 1.04 bits per heavy atom. The Hall–Kier alpha value is -2.46. The Morgan fingerprint density at radius 3 is 2.21 bits per heavy atom. The first-order valence-corrected chi connectivity index (χ1v) is 8.42. The normalized spacial score (nSPS) is 16.6. The van der Waals surface area contributed by atoms with Crippen molar-refractivity contribution in [3.8, 4) is 0 Å². The lowest BCUT2D eigenvalue weighted by atomic mass is 10.0. The van der Waals surface area contributed by atoms with Crippen LogP contribution in [0.1, 0.15) is 36.8 Å². The molecule has 1 atom stereocenters. The first-order valence-electron chi connectivity index (χ1n) is 8.42. The van der Waals surface area contributed by atoms with Gasteiger partial charge in [-0.1, -0.05) is 60.7 Å². The number of rotatable bonds is 6. The molecule has 1 unspecified atom stereocenters. The molecule has 0 aliphatic carbocycles. The molecule has 3 rings (SSSR count). The van der Waals surface area contributed by atoms with Gasteiger partial charge in [0.15, 0.2) is 0 Å². The maximum atomic E-state index is 12.1. The van der Waals surface area contributed by atoms with Gasteiger partial charge in [0.25, 0.3) is 0 Å². The van der Waals surface area contributed by atoms with Crippen LogP contribution < -0.4 is 5.43 Å². The van der Waals surface area contributed by atoms with Gasteiger partial charge in [0.2, 0.25) is 5.91 Å². The minimum absolute atomic E-state index is 0.0742. The topological polar surface area (TPSA) is 50.7 Å². The van der Waals surface area contributed by atoms with Crippen LogP contribution >= 0.6 is 0 Å². The first kappa shape index (κ1) is 16.4. The van der Waals surface area contributed by atoms with Crippen LogP contribution in [0.25, 0.3) is 0 Å². The molecule has 0 aromatic heterocycles. The standard InChI is InChI=1S/C20H22N2O2/c23-19(14-13-18-12-7-15-24-18)21-22-20(16-8-3-1-4-9-16)17-10-5-2-6-11-17/h1-6,8-11,18H,7,12-15H2,(H,21,23). The molecule has 2 aromatic carbocycles. The summed E-state index contributed by atoms with van der Waals surface area (Å²) in [6.07, 6.45) is 3.56. The Morgan fingerprint density at radius 2 is 1.67 bits per heavy atom. The van der Waals surface area contributed by atoms with Crippen LogP contribution in [0.4, 0.5) is 0 Å². The second-order valence-corrected chi connectivity index (χ2v) is 5.90. The molecule has 1 aliphatic heterocycles. The number of hydrazone groups is 1. The minimum Gasteiger partial charge on any atom is -0.378 e. The molecule has 1 saturated heterocycles. The molecule has 1 fully saturated rings. The maximum absolute atomic E-state index is 12.1. The van der Waals surface area contributed by atoms with Crippen LogP contribution in [0.15, 0.2) is 65.8 Å². The number of benzene rings is 2. The summed E-state index contributed by atoms with van der Waals surface area (Å²) in [4.78, 5) is 12.1. The van der Waals surface area contributed by atoms with E-state index in [2.05, 4.69) is 10.5 Å². The summed E-state index contributed by atoms with van der Waals surface area (Å²) < 4.78 is 5.55. The van der Waals surface area contributed by atoms with E-state index in [1.165, 1.54) is 0 Å². The highest BCUT2D eigenvalue weighted by Crippen LogP contribution is 2.16. The van der Waals surface area contributed by atoms with Gasteiger partial charge in [-0.05, 0) is 19.3 Å². The van der Waals surface area contributed by atoms with Gasteiger partial charge in [-0.2, -0.15) is 5.10 Å². The zero-order chi connectivity index (χ0) is 16.6. The average Bonchev–Trinajstić information content (AvgIpc) is 3.16. The molecule has 0 bridgehead atoms. The fraction of sp³-hybridized carbons (Fsp3) is 0.300. The van der Waals surface area contributed by atoms with Gasteiger partial charge in [-0.3, -0.25) is 4.79 Å². The van der Waals surface area contributed by atoms with Crippen LogP contribution in [0.2, 0.25) is 0 Å². The number of amides is 1. The third-order valence-corrected chi connectivity index (χ3v) is 4.10. The van der Waals surface area contributed by atoms with Gasteiger partial charge in [0, 0.05) is 24.2 Å². The highest BCUT2D eigenvalue weighted by molar-refractivity contribution is 6.13. The van der Waals surface area contributed by atoms with E-state index in [-0.39, 0.29) is 12.0 Å². The Balaban J connectivity index is 1.68. The monoisotopic (exact) mass is 322 g/mol. The molecule has 4 heteroatoms. The molecule has 4 nitrogen and oxygen atoms in total. The summed E-state index contributed by atoms with van der Waals surface area (Å²) in [7, 11) is 0. The number of hydrogen-bond acceptors (Lipinski definition) is 3. The van der Waals surface area contributed by atoms with Crippen molar-refractivity contribution in [3.05, 3.63) is 71.8 Å². The first-order chi connectivity index (χ1) is 11.8. The van der Waals surface area contributed by atoms with Crippen molar-refractivity contribution in [2.75, 3.05) is 6.61 Å². The molecule has 1 aliphatic rings. The molecule has 1 N–H and O–H groups in total. The Bertz CT molecular complexity index is 636. The van der Waals surface area contributed by atoms with Gasteiger partial charge in [0.1, 0.15) is 0 Å². The predicted molar refractivity (Wildman–Crippen MR) is 94.9 cm³/mol. The quantitative estimate of drug-likeness (QED) is 0.653. The maximum Gasteiger partial charge on any atom is 0.240 e. The van der Waals surface area contributed by atoms with E-state index in [0.29, 0.717) is 6.42 Å². The zero-order valence-electron chi connectivity index (χ0n) is 13.7. The van der Waals surface area contributed by atoms with Gasteiger partial charge in [-0.25, -0.2) is 5.43 Å². The van der Waals surface area contributed by atoms with Gasteiger partial charge in [-0.15, -0.1) is 0 Å². The molecule has 124 valence electrons. The van der Waals surface area contributed by atoms with Crippen molar-refractivity contribution < 1.29 is 9.53 Å². The number of ether oxygens (including phenoxy) is 1. The average molecular weight is 322 g/mol. The molecule has 24 heavy (non-hydrogen) atoms. The fourth-order valence-corrected chi connectivity index (χ4v) is 2.83. The van der Waals surface area contributed by atoms with Crippen molar-refractivity contribution in [1.29, 1.82) is 0 Å². The van der Waals surface area contributed by atoms with Crippen molar-refractivity contribution in [1.82, 2.24) is 5.43 Å². The van der Waals surface area contributed by atoms with Gasteiger partial charge >= 0.3 is 0 Å². The van der Waals surface area contributed by atoms with Crippen LogP contribution in [0.3, 0.4) is 0 Å².